The first-order chi connectivity index (χ1) is 18.1. The highest BCUT2D eigenvalue weighted by Gasteiger charge is 2.31. The van der Waals surface area contributed by atoms with Gasteiger partial charge in [-0.1, -0.05) is 88.4 Å². The highest BCUT2D eigenvalue weighted by Crippen LogP contribution is 2.41. The molecule has 204 valence electrons. The molecule has 3 aromatic rings. The lowest BCUT2D eigenvalue weighted by Crippen LogP contribution is -2.28. The van der Waals surface area contributed by atoms with Crippen molar-refractivity contribution in [1.29, 1.82) is 0 Å². The second kappa shape index (κ2) is 12.8. The van der Waals surface area contributed by atoms with E-state index in [0.717, 1.165) is 49.7 Å². The van der Waals surface area contributed by atoms with Crippen molar-refractivity contribution in [2.75, 3.05) is 7.11 Å². The van der Waals surface area contributed by atoms with Gasteiger partial charge in [0.1, 0.15) is 0 Å². The summed E-state index contributed by atoms with van der Waals surface area (Å²) in [4.78, 5) is 11.6. The number of hydrogen-bond donors (Lipinski definition) is 1. The van der Waals surface area contributed by atoms with Crippen LogP contribution >= 0.6 is 0 Å². The topological polar surface area (TPSA) is 46.5 Å². The van der Waals surface area contributed by atoms with E-state index in [2.05, 4.69) is 90.1 Å². The lowest BCUT2D eigenvalue weighted by molar-refractivity contribution is -0.139. The van der Waals surface area contributed by atoms with E-state index >= 15 is 0 Å². The fraction of sp³-hybridized carbons (Fsp3) is 0.457. The zero-order valence-electron chi connectivity index (χ0n) is 24.5. The zero-order valence-corrected chi connectivity index (χ0v) is 24.5. The van der Waals surface area contributed by atoms with E-state index in [0.29, 0.717) is 6.42 Å². The second-order valence-corrected chi connectivity index (χ2v) is 10.8. The largest absolute Gasteiger partial charge is 0.469 e. The summed E-state index contributed by atoms with van der Waals surface area (Å²) in [5.41, 5.74) is 9.31. The van der Waals surface area contributed by atoms with Crippen molar-refractivity contribution >= 4 is 5.97 Å². The number of carbonyl (C=O) groups excluding carboxylic acids is 1. The standard InChI is InChI=1S/C35H46O3/c1-8-34(37,9-2)21-20-28-16-17-30(22-25(28)5)35(10-3,11-4)31-18-19-32(26(6)23-31)29-14-12-27(13-15-29)24-33(36)38-7/h12-19,22-23,37H,8-11,20-21,24H2,1-7H3. The molecule has 0 spiro atoms. The third-order valence-corrected chi connectivity index (χ3v) is 8.90. The molecular formula is C35H46O3. The van der Waals surface area contributed by atoms with Gasteiger partial charge in [-0.3, -0.25) is 4.79 Å². The van der Waals surface area contributed by atoms with Gasteiger partial charge in [0.25, 0.3) is 0 Å². The number of carbonyl (C=O) groups is 1. The van der Waals surface area contributed by atoms with E-state index in [-0.39, 0.29) is 11.4 Å². The molecular weight excluding hydrogens is 468 g/mol. The van der Waals surface area contributed by atoms with Gasteiger partial charge in [-0.2, -0.15) is 0 Å². The fourth-order valence-corrected chi connectivity index (χ4v) is 5.80. The lowest BCUT2D eigenvalue weighted by Gasteiger charge is -2.34. The van der Waals surface area contributed by atoms with Crippen LogP contribution in [0.5, 0.6) is 0 Å². The van der Waals surface area contributed by atoms with Crippen molar-refractivity contribution in [2.45, 2.75) is 97.5 Å². The maximum Gasteiger partial charge on any atom is 0.309 e. The summed E-state index contributed by atoms with van der Waals surface area (Å²) >= 11 is 0. The molecule has 3 nitrogen and oxygen atoms in total. The summed E-state index contributed by atoms with van der Waals surface area (Å²) in [6.45, 7) is 13.1. The highest BCUT2D eigenvalue weighted by atomic mass is 16.5. The molecule has 1 N–H and O–H groups in total. The molecule has 0 fully saturated rings. The molecule has 0 saturated heterocycles. The van der Waals surface area contributed by atoms with Crippen LogP contribution in [0.1, 0.15) is 93.2 Å². The summed E-state index contributed by atoms with van der Waals surface area (Å²) < 4.78 is 4.79. The van der Waals surface area contributed by atoms with Crippen molar-refractivity contribution in [3.8, 4) is 11.1 Å². The summed E-state index contributed by atoms with van der Waals surface area (Å²) in [7, 11) is 1.42. The average molecular weight is 515 g/mol. The number of rotatable bonds is 12. The molecule has 3 aromatic carbocycles. The average Bonchev–Trinajstić information content (AvgIpc) is 2.94. The number of hydrogen-bond acceptors (Lipinski definition) is 3. The Morgan fingerprint density at radius 3 is 1.87 bits per heavy atom. The van der Waals surface area contributed by atoms with Crippen molar-refractivity contribution < 1.29 is 14.6 Å². The van der Waals surface area contributed by atoms with Gasteiger partial charge in [0, 0.05) is 5.41 Å². The Bertz CT molecular complexity index is 1210. The monoisotopic (exact) mass is 514 g/mol. The fourth-order valence-electron chi connectivity index (χ4n) is 5.80. The van der Waals surface area contributed by atoms with Crippen LogP contribution in [0.4, 0.5) is 0 Å². The van der Waals surface area contributed by atoms with Crippen molar-refractivity contribution in [3.05, 3.63) is 94.0 Å². The molecule has 0 saturated carbocycles. The predicted octanol–water partition coefficient (Wildman–Crippen LogP) is 8.28. The van der Waals surface area contributed by atoms with E-state index in [4.69, 9.17) is 4.74 Å². The van der Waals surface area contributed by atoms with Crippen LogP contribution in [0.15, 0.2) is 60.7 Å². The minimum atomic E-state index is -0.567. The minimum absolute atomic E-state index is 0.0511. The molecule has 0 unspecified atom stereocenters. The summed E-state index contributed by atoms with van der Waals surface area (Å²) in [6, 6.07) is 22.1. The van der Waals surface area contributed by atoms with Gasteiger partial charge >= 0.3 is 5.97 Å². The quantitative estimate of drug-likeness (QED) is 0.247. The normalized spacial score (nSPS) is 12.0. The summed E-state index contributed by atoms with van der Waals surface area (Å²) in [6.07, 6.45) is 5.63. The van der Waals surface area contributed by atoms with Crippen molar-refractivity contribution in [3.63, 3.8) is 0 Å². The van der Waals surface area contributed by atoms with Crippen LogP contribution in [0.25, 0.3) is 11.1 Å². The SMILES string of the molecule is CCC(O)(CC)CCc1ccc(C(CC)(CC)c2ccc(-c3ccc(CC(=O)OC)cc3)c(C)c2)cc1C. The lowest BCUT2D eigenvalue weighted by atomic mass is 9.69. The zero-order chi connectivity index (χ0) is 27.9. The first-order valence-corrected chi connectivity index (χ1v) is 14.2. The molecule has 3 heteroatoms. The smallest absolute Gasteiger partial charge is 0.309 e. The Morgan fingerprint density at radius 2 is 1.37 bits per heavy atom. The van der Waals surface area contributed by atoms with E-state index in [1.165, 1.54) is 40.5 Å². The predicted molar refractivity (Wildman–Crippen MR) is 159 cm³/mol. The van der Waals surface area contributed by atoms with Gasteiger partial charge in [-0.25, -0.2) is 0 Å². The number of aryl methyl sites for hydroxylation is 3. The van der Waals surface area contributed by atoms with Crippen LogP contribution in [0, 0.1) is 13.8 Å². The molecule has 38 heavy (non-hydrogen) atoms. The van der Waals surface area contributed by atoms with Crippen molar-refractivity contribution in [1.82, 2.24) is 0 Å². The summed E-state index contributed by atoms with van der Waals surface area (Å²) in [5, 5.41) is 10.8. The number of methoxy groups -OCH3 is 1. The van der Waals surface area contributed by atoms with Gasteiger partial charge in [0.2, 0.25) is 0 Å². The maximum absolute atomic E-state index is 11.6. The molecule has 0 bridgehead atoms. The molecule has 0 radical (unpaired) electrons. The number of ether oxygens (including phenoxy) is 1. The Labute approximate surface area is 230 Å². The third-order valence-electron chi connectivity index (χ3n) is 8.90. The Hall–Kier alpha value is -2.91. The minimum Gasteiger partial charge on any atom is -0.469 e. The van der Waals surface area contributed by atoms with Gasteiger partial charge < -0.3 is 9.84 Å². The summed E-state index contributed by atoms with van der Waals surface area (Å²) in [5.74, 6) is -0.222. The third kappa shape index (κ3) is 6.38. The first-order valence-electron chi connectivity index (χ1n) is 14.2. The van der Waals surface area contributed by atoms with Crippen LogP contribution in [-0.2, 0) is 27.8 Å². The van der Waals surface area contributed by atoms with Crippen LogP contribution < -0.4 is 0 Å². The van der Waals surface area contributed by atoms with Gasteiger partial charge in [-0.15, -0.1) is 0 Å². The van der Waals surface area contributed by atoms with E-state index in [9.17, 15) is 9.90 Å². The first kappa shape index (κ1) is 29.6. The molecule has 3 rings (SSSR count). The van der Waals surface area contributed by atoms with E-state index in [1.807, 2.05) is 12.1 Å². The Morgan fingerprint density at radius 1 is 0.789 bits per heavy atom. The molecule has 0 aliphatic rings. The number of esters is 1. The van der Waals surface area contributed by atoms with Crippen molar-refractivity contribution in [2.24, 2.45) is 0 Å². The Kier molecular flexibility index (Phi) is 9.95. The number of aliphatic hydroxyl groups is 1. The maximum atomic E-state index is 11.6. The molecule has 0 aliphatic heterocycles. The molecule has 0 amide bonds. The van der Waals surface area contributed by atoms with Crippen LogP contribution in [-0.4, -0.2) is 23.8 Å². The van der Waals surface area contributed by atoms with E-state index < -0.39 is 5.60 Å². The highest BCUT2D eigenvalue weighted by molar-refractivity contribution is 5.73. The number of benzene rings is 3. The van der Waals surface area contributed by atoms with Gasteiger partial charge in [0.15, 0.2) is 0 Å². The molecule has 0 aromatic heterocycles. The van der Waals surface area contributed by atoms with Crippen LogP contribution in [0.2, 0.25) is 0 Å². The van der Waals surface area contributed by atoms with Crippen LogP contribution in [0.3, 0.4) is 0 Å². The molecule has 0 aliphatic carbocycles. The Balaban J connectivity index is 1.90. The van der Waals surface area contributed by atoms with Gasteiger partial charge in [-0.05, 0) is 96.9 Å². The molecule has 0 atom stereocenters. The second-order valence-electron chi connectivity index (χ2n) is 10.8. The van der Waals surface area contributed by atoms with Gasteiger partial charge in [0.05, 0.1) is 19.1 Å². The molecule has 0 heterocycles. The van der Waals surface area contributed by atoms with E-state index in [1.54, 1.807) is 0 Å².